The summed E-state index contributed by atoms with van der Waals surface area (Å²) in [6.07, 6.45) is 0. The number of aliphatic hydroxyl groups excluding tert-OH is 1. The molecule has 0 atom stereocenters. The first-order valence-corrected chi connectivity index (χ1v) is 5.82. The molecule has 0 unspecified atom stereocenters. The van der Waals surface area contributed by atoms with E-state index in [9.17, 15) is 5.11 Å². The van der Waals surface area contributed by atoms with Crippen LogP contribution in [0.15, 0.2) is 18.2 Å². The Balaban J connectivity index is 2.61. The maximum atomic E-state index is 9.23. The summed E-state index contributed by atoms with van der Waals surface area (Å²) >= 11 is 5.99. The van der Waals surface area contributed by atoms with Gasteiger partial charge in [-0.2, -0.15) is 0 Å². The monoisotopic (exact) mass is 250 g/mol. The van der Waals surface area contributed by atoms with Crippen molar-refractivity contribution in [1.82, 2.24) is 9.55 Å². The number of hydrogen-bond donors (Lipinski definition) is 1. The topological polar surface area (TPSA) is 38.1 Å². The third-order valence-corrected chi connectivity index (χ3v) is 3.24. The largest absolute Gasteiger partial charge is 0.390 e. The van der Waals surface area contributed by atoms with Crippen molar-refractivity contribution < 1.29 is 5.11 Å². The summed E-state index contributed by atoms with van der Waals surface area (Å²) in [5.41, 5.74) is 4.05. The van der Waals surface area contributed by atoms with E-state index in [2.05, 4.69) is 18.0 Å². The van der Waals surface area contributed by atoms with Gasteiger partial charge in [-0.15, -0.1) is 0 Å². The summed E-state index contributed by atoms with van der Waals surface area (Å²) in [6.45, 7) is 4.00. The lowest BCUT2D eigenvalue weighted by molar-refractivity contribution is 0.273. The lowest BCUT2D eigenvalue weighted by Crippen LogP contribution is -1.99. The van der Waals surface area contributed by atoms with Crippen LogP contribution in [0.25, 0.3) is 11.4 Å². The van der Waals surface area contributed by atoms with Crippen LogP contribution in [0.1, 0.15) is 16.8 Å². The molecule has 0 saturated heterocycles. The Bertz CT molecular complexity index is 561. The number of rotatable bonds is 2. The Hall–Kier alpha value is -1.32. The summed E-state index contributed by atoms with van der Waals surface area (Å²) in [5, 5.41) is 9.59. The Morgan fingerprint density at radius 2 is 2.06 bits per heavy atom. The fourth-order valence-electron chi connectivity index (χ4n) is 1.98. The van der Waals surface area contributed by atoms with Crippen molar-refractivity contribution in [1.29, 1.82) is 0 Å². The highest BCUT2D eigenvalue weighted by atomic mass is 35.5. The lowest BCUT2D eigenvalue weighted by Gasteiger charge is -2.07. The first kappa shape index (κ1) is 12.1. The van der Waals surface area contributed by atoms with Crippen LogP contribution in [-0.4, -0.2) is 14.7 Å². The average molecular weight is 251 g/mol. The van der Waals surface area contributed by atoms with Gasteiger partial charge in [-0.3, -0.25) is 0 Å². The van der Waals surface area contributed by atoms with Gasteiger partial charge in [0.2, 0.25) is 0 Å². The number of aromatic nitrogens is 2. The second-order valence-corrected chi connectivity index (χ2v) is 4.57. The van der Waals surface area contributed by atoms with Gasteiger partial charge in [0.25, 0.3) is 0 Å². The number of imidazole rings is 1. The molecule has 17 heavy (non-hydrogen) atoms. The van der Waals surface area contributed by atoms with Crippen LogP contribution in [0, 0.1) is 13.8 Å². The highest BCUT2D eigenvalue weighted by molar-refractivity contribution is 6.30. The predicted molar refractivity (Wildman–Crippen MR) is 69.1 cm³/mol. The SMILES string of the molecule is Cc1ccc(-c2nc(Cl)c(CO)n2C)c(C)c1. The Kier molecular flexibility index (Phi) is 3.22. The predicted octanol–water partition coefficient (Wildman–Crippen LogP) is 2.85. The van der Waals surface area contributed by atoms with Crippen LogP contribution in [-0.2, 0) is 13.7 Å². The smallest absolute Gasteiger partial charge is 0.153 e. The Morgan fingerprint density at radius 3 is 2.59 bits per heavy atom. The van der Waals surface area contributed by atoms with E-state index in [1.165, 1.54) is 5.56 Å². The summed E-state index contributed by atoms with van der Waals surface area (Å²) in [5.74, 6) is 0.788. The molecule has 2 rings (SSSR count). The molecule has 3 nitrogen and oxygen atoms in total. The van der Waals surface area contributed by atoms with E-state index in [0.29, 0.717) is 10.8 Å². The summed E-state index contributed by atoms with van der Waals surface area (Å²) in [6, 6.07) is 6.19. The molecule has 0 aliphatic carbocycles. The maximum Gasteiger partial charge on any atom is 0.153 e. The van der Waals surface area contributed by atoms with E-state index in [1.54, 1.807) is 0 Å². The van der Waals surface area contributed by atoms with Crippen molar-refractivity contribution in [2.45, 2.75) is 20.5 Å². The van der Waals surface area contributed by atoms with Gasteiger partial charge in [-0.05, 0) is 19.4 Å². The first-order valence-electron chi connectivity index (χ1n) is 5.44. The summed E-state index contributed by atoms with van der Waals surface area (Å²) < 4.78 is 1.83. The zero-order chi connectivity index (χ0) is 12.6. The zero-order valence-corrected chi connectivity index (χ0v) is 10.9. The molecule has 0 bridgehead atoms. The van der Waals surface area contributed by atoms with Crippen LogP contribution >= 0.6 is 11.6 Å². The molecular weight excluding hydrogens is 236 g/mol. The van der Waals surface area contributed by atoms with Crippen LogP contribution < -0.4 is 0 Å². The van der Waals surface area contributed by atoms with E-state index >= 15 is 0 Å². The molecule has 0 radical (unpaired) electrons. The molecule has 1 aromatic heterocycles. The van der Waals surface area contributed by atoms with Crippen molar-refractivity contribution in [2.24, 2.45) is 7.05 Å². The van der Waals surface area contributed by atoms with Gasteiger partial charge in [0.1, 0.15) is 5.82 Å². The van der Waals surface area contributed by atoms with Gasteiger partial charge in [0.15, 0.2) is 5.15 Å². The third-order valence-electron chi connectivity index (χ3n) is 2.94. The van der Waals surface area contributed by atoms with Crippen LogP contribution in [0.5, 0.6) is 0 Å². The number of nitrogens with zero attached hydrogens (tertiary/aromatic N) is 2. The third kappa shape index (κ3) is 2.08. The maximum absolute atomic E-state index is 9.23. The molecule has 0 spiro atoms. The normalized spacial score (nSPS) is 10.9. The standard InChI is InChI=1S/C13H15ClN2O/c1-8-4-5-10(9(2)6-8)13-15-12(14)11(7-17)16(13)3/h4-6,17H,7H2,1-3H3. The molecule has 1 aromatic carbocycles. The molecule has 90 valence electrons. The first-order chi connectivity index (χ1) is 8.04. The Labute approximate surface area is 106 Å². The molecule has 0 fully saturated rings. The second kappa shape index (κ2) is 4.51. The highest BCUT2D eigenvalue weighted by Crippen LogP contribution is 2.27. The Morgan fingerprint density at radius 1 is 1.35 bits per heavy atom. The fraction of sp³-hybridized carbons (Fsp3) is 0.308. The van der Waals surface area contributed by atoms with E-state index in [0.717, 1.165) is 17.0 Å². The van der Waals surface area contributed by atoms with Crippen LogP contribution in [0.2, 0.25) is 5.15 Å². The van der Waals surface area contributed by atoms with Crippen LogP contribution in [0.3, 0.4) is 0 Å². The molecule has 1 N–H and O–H groups in total. The molecule has 0 amide bonds. The van der Waals surface area contributed by atoms with Crippen molar-refractivity contribution in [2.75, 3.05) is 0 Å². The number of hydrogen-bond acceptors (Lipinski definition) is 2. The lowest BCUT2D eigenvalue weighted by atomic mass is 10.1. The van der Waals surface area contributed by atoms with E-state index in [4.69, 9.17) is 11.6 Å². The average Bonchev–Trinajstić information content (AvgIpc) is 2.54. The molecule has 0 aliphatic rings. The minimum Gasteiger partial charge on any atom is -0.390 e. The van der Waals surface area contributed by atoms with E-state index in [-0.39, 0.29) is 6.61 Å². The summed E-state index contributed by atoms with van der Waals surface area (Å²) in [7, 11) is 1.86. The van der Waals surface area contributed by atoms with Gasteiger partial charge >= 0.3 is 0 Å². The zero-order valence-electron chi connectivity index (χ0n) is 10.2. The summed E-state index contributed by atoms with van der Waals surface area (Å²) in [4.78, 5) is 4.31. The molecular formula is C13H15ClN2O. The molecule has 4 heteroatoms. The van der Waals surface area contributed by atoms with Crippen molar-refractivity contribution in [3.05, 3.63) is 40.2 Å². The van der Waals surface area contributed by atoms with Crippen molar-refractivity contribution in [3.63, 3.8) is 0 Å². The highest BCUT2D eigenvalue weighted by Gasteiger charge is 2.14. The van der Waals surface area contributed by atoms with Gasteiger partial charge in [0, 0.05) is 12.6 Å². The minimum absolute atomic E-state index is 0.104. The molecule has 0 saturated carbocycles. The number of halogens is 1. The van der Waals surface area contributed by atoms with Gasteiger partial charge < -0.3 is 9.67 Å². The minimum atomic E-state index is -0.104. The van der Waals surface area contributed by atoms with E-state index in [1.807, 2.05) is 30.7 Å². The van der Waals surface area contributed by atoms with Crippen molar-refractivity contribution >= 4 is 11.6 Å². The second-order valence-electron chi connectivity index (χ2n) is 4.21. The van der Waals surface area contributed by atoms with Gasteiger partial charge in [0.05, 0.1) is 12.3 Å². The quantitative estimate of drug-likeness (QED) is 0.890. The van der Waals surface area contributed by atoms with Gasteiger partial charge in [-0.1, -0.05) is 35.4 Å². The van der Waals surface area contributed by atoms with Crippen molar-refractivity contribution in [3.8, 4) is 11.4 Å². The van der Waals surface area contributed by atoms with E-state index < -0.39 is 0 Å². The van der Waals surface area contributed by atoms with Crippen LogP contribution in [0.4, 0.5) is 0 Å². The number of aryl methyl sites for hydroxylation is 2. The number of benzene rings is 1. The fourth-order valence-corrected chi connectivity index (χ4v) is 2.24. The number of aliphatic hydroxyl groups is 1. The van der Waals surface area contributed by atoms with Gasteiger partial charge in [-0.25, -0.2) is 4.98 Å². The molecule has 2 aromatic rings. The molecule has 0 aliphatic heterocycles. The molecule has 1 heterocycles.